The van der Waals surface area contributed by atoms with Gasteiger partial charge in [-0.15, -0.1) is 0 Å². The number of carbonyl (C=O) groups excluding carboxylic acids is 1. The molecular weight excluding hydrogens is 104 g/mol. The van der Waals surface area contributed by atoms with E-state index in [2.05, 4.69) is 0 Å². The van der Waals surface area contributed by atoms with Gasteiger partial charge in [0.1, 0.15) is 6.10 Å². The second-order valence-corrected chi connectivity index (χ2v) is 1.77. The Morgan fingerprint density at radius 2 is 2.75 bits per heavy atom. The van der Waals surface area contributed by atoms with Crippen LogP contribution in [0, 0.1) is 0 Å². The quantitative estimate of drug-likeness (QED) is 0.495. The van der Waals surface area contributed by atoms with Gasteiger partial charge >= 0.3 is 0 Å². The van der Waals surface area contributed by atoms with Crippen molar-refractivity contribution in [3.8, 4) is 0 Å². The Hall–Kier alpha value is -0.790. The first-order valence-corrected chi connectivity index (χ1v) is 2.69. The Labute approximate surface area is 48.1 Å². The third-order valence-corrected chi connectivity index (χ3v) is 1.25. The lowest BCUT2D eigenvalue weighted by molar-refractivity contribution is -0.107. The van der Waals surface area contributed by atoms with Crippen molar-refractivity contribution in [3.05, 3.63) is 11.8 Å². The van der Waals surface area contributed by atoms with Crippen LogP contribution < -0.4 is 0 Å². The number of carbonyl (C=O) groups is 1. The molecule has 0 spiro atoms. The summed E-state index contributed by atoms with van der Waals surface area (Å²) < 4.78 is 4.89. The maximum atomic E-state index is 10.0. The lowest BCUT2D eigenvalue weighted by atomic mass is 10.1. The first-order chi connectivity index (χ1) is 3.88. The van der Waals surface area contributed by atoms with Crippen LogP contribution in [0.2, 0.25) is 0 Å². The molecule has 1 atom stereocenters. The summed E-state index contributed by atoms with van der Waals surface area (Å²) in [5.74, 6) is 0. The van der Waals surface area contributed by atoms with Crippen LogP contribution in [-0.2, 0) is 9.53 Å². The number of ether oxygens (including phenoxy) is 1. The van der Waals surface area contributed by atoms with Crippen LogP contribution in [0.1, 0.15) is 13.3 Å². The van der Waals surface area contributed by atoms with Gasteiger partial charge in [-0.2, -0.15) is 0 Å². The summed E-state index contributed by atoms with van der Waals surface area (Å²) in [6.45, 7) is 1.99. The largest absolute Gasteiger partial charge is 0.493 e. The molecule has 0 amide bonds. The molecule has 0 aromatic rings. The molecule has 2 heteroatoms. The van der Waals surface area contributed by atoms with Crippen LogP contribution in [0.5, 0.6) is 0 Å². The highest BCUT2D eigenvalue weighted by Crippen LogP contribution is 2.18. The predicted octanol–water partition coefficient (Wildman–Crippen LogP) is 0.878. The molecule has 0 N–H and O–H groups in total. The molecule has 1 rings (SSSR count). The maximum absolute atomic E-state index is 10.0. The first-order valence-electron chi connectivity index (χ1n) is 2.69. The fourth-order valence-corrected chi connectivity index (χ4v) is 0.678. The van der Waals surface area contributed by atoms with E-state index in [0.29, 0.717) is 0 Å². The van der Waals surface area contributed by atoms with Crippen molar-refractivity contribution in [2.24, 2.45) is 0 Å². The van der Waals surface area contributed by atoms with Gasteiger partial charge in [0.05, 0.1) is 11.8 Å². The summed E-state index contributed by atoms with van der Waals surface area (Å²) in [5.41, 5.74) is 0.785. The Kier molecular flexibility index (Phi) is 1.33. The molecule has 8 heavy (non-hydrogen) atoms. The lowest BCUT2D eigenvalue weighted by Crippen LogP contribution is -2.21. The summed E-state index contributed by atoms with van der Waals surface area (Å²) in [7, 11) is 0. The number of hydrogen-bond acceptors (Lipinski definition) is 2. The molecule has 44 valence electrons. The van der Waals surface area contributed by atoms with Gasteiger partial charge in [0.15, 0.2) is 6.29 Å². The van der Waals surface area contributed by atoms with Crippen molar-refractivity contribution in [2.45, 2.75) is 19.4 Å². The molecule has 1 heterocycles. The van der Waals surface area contributed by atoms with Gasteiger partial charge in [-0.25, -0.2) is 0 Å². The third kappa shape index (κ3) is 0.619. The number of rotatable bonds is 2. The summed E-state index contributed by atoms with van der Waals surface area (Å²) in [4.78, 5) is 10.0. The van der Waals surface area contributed by atoms with E-state index in [1.807, 2.05) is 6.92 Å². The van der Waals surface area contributed by atoms with Crippen LogP contribution in [0.4, 0.5) is 0 Å². The van der Waals surface area contributed by atoms with Gasteiger partial charge in [0.2, 0.25) is 0 Å². The van der Waals surface area contributed by atoms with Crippen LogP contribution in [0.3, 0.4) is 0 Å². The molecule has 2 nitrogen and oxygen atoms in total. The molecule has 0 saturated carbocycles. The smallest absolute Gasteiger partial charge is 0.152 e. The number of hydrogen-bond donors (Lipinski definition) is 0. The normalized spacial score (nSPS) is 25.1. The molecule has 0 fully saturated rings. The summed E-state index contributed by atoms with van der Waals surface area (Å²) in [6.07, 6.45) is 3.33. The Balaban J connectivity index is 2.46. The highest BCUT2D eigenvalue weighted by atomic mass is 16.5. The van der Waals surface area contributed by atoms with Crippen molar-refractivity contribution in [2.75, 3.05) is 0 Å². The fourth-order valence-electron chi connectivity index (χ4n) is 0.678. The van der Waals surface area contributed by atoms with Gasteiger partial charge in [-0.3, -0.25) is 4.79 Å². The molecule has 1 aliphatic heterocycles. The Morgan fingerprint density at radius 1 is 2.00 bits per heavy atom. The molecule has 1 aliphatic rings. The van der Waals surface area contributed by atoms with Crippen LogP contribution >= 0.6 is 0 Å². The highest BCUT2D eigenvalue weighted by molar-refractivity contribution is 5.75. The van der Waals surface area contributed by atoms with Gasteiger partial charge in [0.25, 0.3) is 0 Å². The molecule has 0 saturated heterocycles. The van der Waals surface area contributed by atoms with E-state index in [4.69, 9.17) is 4.74 Å². The van der Waals surface area contributed by atoms with E-state index in [-0.39, 0.29) is 6.10 Å². The van der Waals surface area contributed by atoms with Crippen LogP contribution in [0.15, 0.2) is 11.8 Å². The molecule has 1 unspecified atom stereocenters. The zero-order valence-corrected chi connectivity index (χ0v) is 4.76. The van der Waals surface area contributed by atoms with E-state index in [1.165, 1.54) is 6.26 Å². The second kappa shape index (κ2) is 1.99. The zero-order chi connectivity index (χ0) is 5.98. The summed E-state index contributed by atoms with van der Waals surface area (Å²) in [6, 6.07) is 0. The Morgan fingerprint density at radius 3 is 2.88 bits per heavy atom. The lowest BCUT2D eigenvalue weighted by Gasteiger charge is -2.22. The maximum Gasteiger partial charge on any atom is 0.152 e. The minimum atomic E-state index is 0.0903. The highest BCUT2D eigenvalue weighted by Gasteiger charge is 2.19. The molecule has 0 aromatic carbocycles. The van der Waals surface area contributed by atoms with E-state index >= 15 is 0 Å². The topological polar surface area (TPSA) is 26.3 Å². The molecule has 0 aliphatic carbocycles. The molecule has 0 aromatic heterocycles. The molecular formula is C6H8O2. The minimum absolute atomic E-state index is 0.0903. The zero-order valence-electron chi connectivity index (χ0n) is 4.76. The average Bonchev–Trinajstić information content (AvgIpc) is 1.66. The van der Waals surface area contributed by atoms with Crippen molar-refractivity contribution < 1.29 is 9.53 Å². The first kappa shape index (κ1) is 5.35. The molecule has 0 bridgehead atoms. The standard InChI is InChI=1S/C6H8O2/c1-2-6-5(3-7)4-8-6/h3-4,6H,2H2,1H3. The third-order valence-electron chi connectivity index (χ3n) is 1.25. The van der Waals surface area contributed by atoms with Crippen molar-refractivity contribution in [3.63, 3.8) is 0 Å². The number of aldehydes is 1. The van der Waals surface area contributed by atoms with E-state index in [1.54, 1.807) is 0 Å². The van der Waals surface area contributed by atoms with Crippen LogP contribution in [0.25, 0.3) is 0 Å². The summed E-state index contributed by atoms with van der Waals surface area (Å²) >= 11 is 0. The minimum Gasteiger partial charge on any atom is -0.493 e. The fraction of sp³-hybridized carbons (Fsp3) is 0.500. The van der Waals surface area contributed by atoms with Crippen LogP contribution in [-0.4, -0.2) is 12.4 Å². The van der Waals surface area contributed by atoms with Gasteiger partial charge < -0.3 is 4.74 Å². The van der Waals surface area contributed by atoms with Gasteiger partial charge in [0, 0.05) is 0 Å². The Bertz CT molecular complexity index is 126. The summed E-state index contributed by atoms with van der Waals surface area (Å²) in [5, 5.41) is 0. The van der Waals surface area contributed by atoms with Crippen molar-refractivity contribution in [1.29, 1.82) is 0 Å². The average molecular weight is 112 g/mol. The van der Waals surface area contributed by atoms with E-state index in [0.717, 1.165) is 18.3 Å². The second-order valence-electron chi connectivity index (χ2n) is 1.77. The predicted molar refractivity (Wildman–Crippen MR) is 29.3 cm³/mol. The SMILES string of the molecule is CCC1OC=C1C=O. The monoisotopic (exact) mass is 112 g/mol. The van der Waals surface area contributed by atoms with Gasteiger partial charge in [-0.1, -0.05) is 6.92 Å². The van der Waals surface area contributed by atoms with Gasteiger partial charge in [-0.05, 0) is 6.42 Å². The van der Waals surface area contributed by atoms with E-state index < -0.39 is 0 Å². The molecule has 0 radical (unpaired) electrons. The van der Waals surface area contributed by atoms with E-state index in [9.17, 15) is 4.79 Å². The van der Waals surface area contributed by atoms with Crippen molar-refractivity contribution in [1.82, 2.24) is 0 Å². The van der Waals surface area contributed by atoms with Crippen molar-refractivity contribution >= 4 is 6.29 Å².